The predicted octanol–water partition coefficient (Wildman–Crippen LogP) is 1.18. The highest BCUT2D eigenvalue weighted by Crippen LogP contribution is 2.33. The van der Waals surface area contributed by atoms with Crippen molar-refractivity contribution < 1.29 is 19.8 Å². The van der Waals surface area contributed by atoms with Crippen molar-refractivity contribution in [1.29, 1.82) is 0 Å². The van der Waals surface area contributed by atoms with Gasteiger partial charge in [-0.2, -0.15) is 0 Å². The Kier molecular flexibility index (Phi) is 7.85. The van der Waals surface area contributed by atoms with Crippen molar-refractivity contribution in [3.8, 4) is 0 Å². The summed E-state index contributed by atoms with van der Waals surface area (Å²) in [6.45, 7) is 5.50. The standard InChI is InChI=1S/C23H27N5O5S2/c1-15-4-5-18-24-20(26-9-7-25(8-10-26)11-12-29)16(21(32)28(18)14-15)13-17-22(33)27(23(34)35-17)6-2-3-19(30)31/h4-5,13-14,29H,2-3,6-12H2,1H3,(H,30,31). The molecule has 2 saturated heterocycles. The summed E-state index contributed by atoms with van der Waals surface area (Å²) >= 11 is 6.46. The summed E-state index contributed by atoms with van der Waals surface area (Å²) < 4.78 is 1.83. The van der Waals surface area contributed by atoms with Crippen LogP contribution in [0.1, 0.15) is 24.0 Å². The van der Waals surface area contributed by atoms with Crippen molar-refractivity contribution in [1.82, 2.24) is 19.2 Å². The number of β-amino-alcohol motifs (C(OH)–C–C–N with tert-alkyl or cyclic N) is 1. The molecule has 0 atom stereocenters. The SMILES string of the molecule is Cc1ccc2nc(N3CCN(CCO)CC3)c(C=C3SC(=S)N(CCCC(=O)O)C3=O)c(=O)n2c1. The molecule has 4 heterocycles. The van der Waals surface area contributed by atoms with Crippen molar-refractivity contribution in [2.24, 2.45) is 0 Å². The Hall–Kier alpha value is -2.80. The molecule has 0 radical (unpaired) electrons. The molecule has 2 aliphatic rings. The second-order valence-corrected chi connectivity index (χ2v) is 10.1. The number of fused-ring (bicyclic) bond motifs is 1. The highest BCUT2D eigenvalue weighted by Gasteiger charge is 2.33. The average Bonchev–Trinajstić information content (AvgIpc) is 3.09. The number of pyridine rings is 1. The molecule has 0 aromatic carbocycles. The summed E-state index contributed by atoms with van der Waals surface area (Å²) in [7, 11) is 0. The van der Waals surface area contributed by atoms with Gasteiger partial charge in [0.15, 0.2) is 0 Å². The van der Waals surface area contributed by atoms with Crippen LogP contribution in [-0.4, -0.2) is 91.5 Å². The van der Waals surface area contributed by atoms with Gasteiger partial charge in [0.1, 0.15) is 15.8 Å². The summed E-state index contributed by atoms with van der Waals surface area (Å²) in [5, 5.41) is 18.1. The van der Waals surface area contributed by atoms with E-state index in [4.69, 9.17) is 22.3 Å². The molecule has 35 heavy (non-hydrogen) atoms. The first kappa shape index (κ1) is 25.3. The number of carboxylic acid groups (broad SMARTS) is 1. The van der Waals surface area contributed by atoms with Crippen LogP contribution < -0.4 is 10.5 Å². The maximum absolute atomic E-state index is 13.6. The van der Waals surface area contributed by atoms with Gasteiger partial charge >= 0.3 is 5.97 Å². The van der Waals surface area contributed by atoms with Crippen LogP contribution in [0.3, 0.4) is 0 Å². The number of thioether (sulfide) groups is 1. The van der Waals surface area contributed by atoms with E-state index >= 15 is 0 Å². The molecule has 0 aliphatic carbocycles. The molecule has 186 valence electrons. The number of amides is 1. The third kappa shape index (κ3) is 5.56. The lowest BCUT2D eigenvalue weighted by Gasteiger charge is -2.35. The fraction of sp³-hybridized carbons (Fsp3) is 0.435. The number of thiocarbonyl (C=S) groups is 1. The van der Waals surface area contributed by atoms with Crippen LogP contribution in [0.2, 0.25) is 0 Å². The zero-order valence-corrected chi connectivity index (χ0v) is 21.0. The monoisotopic (exact) mass is 517 g/mol. The van der Waals surface area contributed by atoms with Gasteiger partial charge in [-0.15, -0.1) is 0 Å². The number of aryl methyl sites for hydroxylation is 1. The summed E-state index contributed by atoms with van der Waals surface area (Å²) in [4.78, 5) is 48.2. The minimum Gasteiger partial charge on any atom is -0.481 e. The summed E-state index contributed by atoms with van der Waals surface area (Å²) in [5.41, 5.74) is 1.46. The van der Waals surface area contributed by atoms with Gasteiger partial charge in [0.2, 0.25) is 0 Å². The molecule has 0 bridgehead atoms. The van der Waals surface area contributed by atoms with E-state index in [1.165, 1.54) is 9.30 Å². The van der Waals surface area contributed by atoms with Gasteiger partial charge in [-0.25, -0.2) is 4.98 Å². The van der Waals surface area contributed by atoms with E-state index in [9.17, 15) is 19.5 Å². The van der Waals surface area contributed by atoms with Crippen molar-refractivity contribution in [3.63, 3.8) is 0 Å². The average molecular weight is 518 g/mol. The number of carbonyl (C=O) groups is 2. The molecule has 0 spiro atoms. The van der Waals surface area contributed by atoms with Gasteiger partial charge in [-0.1, -0.05) is 30.0 Å². The predicted molar refractivity (Wildman–Crippen MR) is 139 cm³/mol. The van der Waals surface area contributed by atoms with E-state index in [2.05, 4.69) is 4.90 Å². The highest BCUT2D eigenvalue weighted by molar-refractivity contribution is 8.26. The second-order valence-electron chi connectivity index (χ2n) is 8.47. The lowest BCUT2D eigenvalue weighted by molar-refractivity contribution is -0.137. The summed E-state index contributed by atoms with van der Waals surface area (Å²) in [6.07, 6.45) is 3.52. The topological polar surface area (TPSA) is 119 Å². The first-order valence-corrected chi connectivity index (χ1v) is 12.6. The number of piperazine rings is 1. The minimum absolute atomic E-state index is 0.0577. The largest absolute Gasteiger partial charge is 0.481 e. The van der Waals surface area contributed by atoms with E-state index in [1.807, 2.05) is 17.9 Å². The number of nitrogens with zero attached hydrogens (tertiary/aromatic N) is 5. The zero-order chi connectivity index (χ0) is 25.1. The molecule has 2 aromatic heterocycles. The molecular weight excluding hydrogens is 490 g/mol. The number of carbonyl (C=O) groups excluding carboxylic acids is 1. The minimum atomic E-state index is -0.930. The normalized spacial score (nSPS) is 18.3. The van der Waals surface area contributed by atoms with Crippen LogP contribution in [0.15, 0.2) is 28.0 Å². The quantitative estimate of drug-likeness (QED) is 0.390. The molecule has 12 heteroatoms. The van der Waals surface area contributed by atoms with E-state index in [0.717, 1.165) is 30.4 Å². The summed E-state index contributed by atoms with van der Waals surface area (Å²) in [6, 6.07) is 3.70. The third-order valence-corrected chi connectivity index (χ3v) is 7.37. The first-order chi connectivity index (χ1) is 16.8. The lowest BCUT2D eigenvalue weighted by atomic mass is 10.2. The molecule has 0 unspecified atom stereocenters. The third-order valence-electron chi connectivity index (χ3n) is 5.99. The van der Waals surface area contributed by atoms with E-state index in [1.54, 1.807) is 18.3 Å². The molecule has 4 rings (SSSR count). The Labute approximate surface area is 211 Å². The number of carboxylic acids is 1. The molecular formula is C23H27N5O5S2. The number of aromatic nitrogens is 2. The second kappa shape index (κ2) is 10.9. The maximum Gasteiger partial charge on any atom is 0.303 e. The van der Waals surface area contributed by atoms with Gasteiger partial charge in [-0.05, 0) is 31.1 Å². The van der Waals surface area contributed by atoms with Gasteiger partial charge in [0.25, 0.3) is 11.5 Å². The number of rotatable bonds is 8. The Morgan fingerprint density at radius 3 is 2.63 bits per heavy atom. The lowest BCUT2D eigenvalue weighted by Crippen LogP contribution is -2.48. The molecule has 0 saturated carbocycles. The van der Waals surface area contributed by atoms with E-state index < -0.39 is 5.97 Å². The molecule has 2 aliphatic heterocycles. The molecule has 2 aromatic rings. The first-order valence-electron chi connectivity index (χ1n) is 11.4. The molecule has 10 nitrogen and oxygen atoms in total. The van der Waals surface area contributed by atoms with Crippen LogP contribution in [0, 0.1) is 6.92 Å². The molecule has 2 fully saturated rings. The molecule has 1 amide bonds. The van der Waals surface area contributed by atoms with Crippen LogP contribution in [-0.2, 0) is 9.59 Å². The van der Waals surface area contributed by atoms with Gasteiger partial charge < -0.3 is 15.1 Å². The number of anilines is 1. The van der Waals surface area contributed by atoms with Gasteiger partial charge in [0, 0.05) is 51.9 Å². The van der Waals surface area contributed by atoms with Crippen molar-refractivity contribution in [3.05, 3.63) is 44.7 Å². The number of hydrogen-bond donors (Lipinski definition) is 2. The zero-order valence-electron chi connectivity index (χ0n) is 19.3. The Bertz CT molecular complexity index is 1250. The van der Waals surface area contributed by atoms with Gasteiger partial charge in [0.05, 0.1) is 17.1 Å². The van der Waals surface area contributed by atoms with Gasteiger partial charge in [-0.3, -0.25) is 28.6 Å². The van der Waals surface area contributed by atoms with Crippen molar-refractivity contribution in [2.45, 2.75) is 19.8 Å². The van der Waals surface area contributed by atoms with Crippen LogP contribution >= 0.6 is 24.0 Å². The van der Waals surface area contributed by atoms with Crippen LogP contribution in [0.25, 0.3) is 11.7 Å². The van der Waals surface area contributed by atoms with Crippen molar-refractivity contribution >= 4 is 57.7 Å². The smallest absolute Gasteiger partial charge is 0.303 e. The summed E-state index contributed by atoms with van der Waals surface area (Å²) in [5.74, 6) is -0.753. The van der Waals surface area contributed by atoms with Crippen LogP contribution in [0.4, 0.5) is 5.82 Å². The van der Waals surface area contributed by atoms with Crippen molar-refractivity contribution in [2.75, 3.05) is 50.8 Å². The fourth-order valence-electron chi connectivity index (χ4n) is 4.15. The number of hydrogen-bond acceptors (Lipinski definition) is 9. The number of aliphatic carboxylic acids is 1. The van der Waals surface area contributed by atoms with E-state index in [0.29, 0.717) is 45.9 Å². The highest BCUT2D eigenvalue weighted by atomic mass is 32.2. The Balaban J connectivity index is 1.71. The Morgan fingerprint density at radius 1 is 1.20 bits per heavy atom. The molecule has 2 N–H and O–H groups in total. The van der Waals surface area contributed by atoms with E-state index in [-0.39, 0.29) is 37.5 Å². The van der Waals surface area contributed by atoms with Crippen LogP contribution in [0.5, 0.6) is 0 Å². The number of aliphatic hydroxyl groups excluding tert-OH is 1. The Morgan fingerprint density at radius 2 is 1.94 bits per heavy atom. The fourth-order valence-corrected chi connectivity index (χ4v) is 5.44. The maximum atomic E-state index is 13.6. The number of aliphatic hydroxyl groups is 1.